The predicted molar refractivity (Wildman–Crippen MR) is 80.6 cm³/mol. The van der Waals surface area contributed by atoms with Crippen molar-refractivity contribution in [1.82, 2.24) is 5.32 Å². The van der Waals surface area contributed by atoms with Crippen molar-refractivity contribution in [3.8, 4) is 0 Å². The number of hydrogen-bond acceptors (Lipinski definition) is 2. The highest BCUT2D eigenvalue weighted by atomic mass is 16.3. The van der Waals surface area contributed by atoms with Crippen molar-refractivity contribution in [2.24, 2.45) is 5.41 Å². The number of aliphatic hydroxyl groups is 1. The fraction of sp³-hybridized carbons (Fsp3) is 0.588. The minimum atomic E-state index is -0.350. The fourth-order valence-corrected chi connectivity index (χ4v) is 2.66. The maximum absolute atomic E-state index is 12.6. The van der Waals surface area contributed by atoms with Crippen LogP contribution in [0.1, 0.15) is 44.2 Å². The molecule has 2 rings (SSSR count). The first-order valence-electron chi connectivity index (χ1n) is 7.36. The summed E-state index contributed by atoms with van der Waals surface area (Å²) in [7, 11) is 0. The third-order valence-electron chi connectivity index (χ3n) is 4.37. The van der Waals surface area contributed by atoms with Gasteiger partial charge in [0.2, 0.25) is 5.91 Å². The van der Waals surface area contributed by atoms with Crippen LogP contribution in [0.15, 0.2) is 24.3 Å². The first kappa shape index (κ1) is 15.0. The lowest BCUT2D eigenvalue weighted by molar-refractivity contribution is -0.130. The van der Waals surface area contributed by atoms with E-state index < -0.39 is 0 Å². The smallest absolute Gasteiger partial charge is 0.230 e. The second kappa shape index (κ2) is 5.57. The number of amides is 1. The van der Waals surface area contributed by atoms with E-state index in [1.807, 2.05) is 19.9 Å². The molecule has 0 atom stereocenters. The predicted octanol–water partition coefficient (Wildman–Crippen LogP) is 2.55. The van der Waals surface area contributed by atoms with E-state index in [0.29, 0.717) is 6.54 Å². The molecule has 1 fully saturated rings. The van der Waals surface area contributed by atoms with Crippen LogP contribution in [-0.2, 0) is 10.2 Å². The average Bonchev–Trinajstić information content (AvgIpc) is 2.35. The number of benzene rings is 1. The largest absolute Gasteiger partial charge is 0.396 e. The van der Waals surface area contributed by atoms with Gasteiger partial charge in [-0.1, -0.05) is 50.1 Å². The SMILES string of the molecule is Cc1cccc(C2(C(=O)NCC(C)(C)CO)CCC2)c1. The second-order valence-electron chi connectivity index (χ2n) is 6.81. The Morgan fingerprint density at radius 3 is 2.60 bits per heavy atom. The van der Waals surface area contributed by atoms with Gasteiger partial charge in [-0.15, -0.1) is 0 Å². The molecular formula is C17H25NO2. The Morgan fingerprint density at radius 1 is 1.40 bits per heavy atom. The molecule has 0 bridgehead atoms. The third-order valence-corrected chi connectivity index (χ3v) is 4.37. The maximum Gasteiger partial charge on any atom is 0.230 e. The summed E-state index contributed by atoms with van der Waals surface area (Å²) in [6.45, 7) is 6.55. The lowest BCUT2D eigenvalue weighted by Gasteiger charge is -2.41. The van der Waals surface area contributed by atoms with Crippen molar-refractivity contribution >= 4 is 5.91 Å². The van der Waals surface area contributed by atoms with Crippen molar-refractivity contribution in [3.05, 3.63) is 35.4 Å². The molecule has 3 nitrogen and oxygen atoms in total. The van der Waals surface area contributed by atoms with Crippen LogP contribution in [0.4, 0.5) is 0 Å². The van der Waals surface area contributed by atoms with E-state index in [-0.39, 0.29) is 23.3 Å². The van der Waals surface area contributed by atoms with Crippen LogP contribution >= 0.6 is 0 Å². The van der Waals surface area contributed by atoms with Crippen molar-refractivity contribution < 1.29 is 9.90 Å². The summed E-state index contributed by atoms with van der Waals surface area (Å²) in [6.07, 6.45) is 2.94. The number of hydrogen-bond donors (Lipinski definition) is 2. The van der Waals surface area contributed by atoms with Gasteiger partial charge in [-0.3, -0.25) is 4.79 Å². The van der Waals surface area contributed by atoms with Gasteiger partial charge < -0.3 is 10.4 Å². The van der Waals surface area contributed by atoms with Crippen LogP contribution in [0.2, 0.25) is 0 Å². The summed E-state index contributed by atoms with van der Waals surface area (Å²) in [4.78, 5) is 12.6. The van der Waals surface area contributed by atoms with E-state index in [1.54, 1.807) is 0 Å². The van der Waals surface area contributed by atoms with Gasteiger partial charge in [0.25, 0.3) is 0 Å². The Morgan fingerprint density at radius 2 is 2.10 bits per heavy atom. The van der Waals surface area contributed by atoms with Crippen molar-refractivity contribution in [3.63, 3.8) is 0 Å². The van der Waals surface area contributed by atoms with E-state index in [1.165, 1.54) is 5.56 Å². The molecule has 1 amide bonds. The van der Waals surface area contributed by atoms with E-state index in [9.17, 15) is 9.90 Å². The highest BCUT2D eigenvalue weighted by molar-refractivity contribution is 5.89. The summed E-state index contributed by atoms with van der Waals surface area (Å²) >= 11 is 0. The van der Waals surface area contributed by atoms with Crippen LogP contribution < -0.4 is 5.32 Å². The monoisotopic (exact) mass is 275 g/mol. The number of carbonyl (C=O) groups is 1. The number of aryl methyl sites for hydroxylation is 1. The summed E-state index contributed by atoms with van der Waals surface area (Å²) < 4.78 is 0. The van der Waals surface area contributed by atoms with Crippen molar-refractivity contribution in [2.45, 2.75) is 45.4 Å². The zero-order chi connectivity index (χ0) is 14.8. The Labute approximate surface area is 121 Å². The Bertz CT molecular complexity index is 490. The molecule has 1 aliphatic rings. The maximum atomic E-state index is 12.6. The van der Waals surface area contributed by atoms with Gasteiger partial charge in [-0.2, -0.15) is 0 Å². The third kappa shape index (κ3) is 2.88. The first-order valence-corrected chi connectivity index (χ1v) is 7.36. The van der Waals surface area contributed by atoms with Gasteiger partial charge in [0.1, 0.15) is 0 Å². The molecule has 1 saturated carbocycles. The fourth-order valence-electron chi connectivity index (χ4n) is 2.66. The molecule has 0 saturated heterocycles. The van der Waals surface area contributed by atoms with E-state index in [0.717, 1.165) is 24.8 Å². The molecule has 0 aliphatic heterocycles. The molecular weight excluding hydrogens is 250 g/mol. The second-order valence-corrected chi connectivity index (χ2v) is 6.81. The Balaban J connectivity index is 2.13. The average molecular weight is 275 g/mol. The molecule has 2 N–H and O–H groups in total. The molecule has 20 heavy (non-hydrogen) atoms. The topological polar surface area (TPSA) is 49.3 Å². The summed E-state index contributed by atoms with van der Waals surface area (Å²) in [6, 6.07) is 8.26. The molecule has 0 heterocycles. The number of aliphatic hydroxyl groups excluding tert-OH is 1. The van der Waals surface area contributed by atoms with Crippen LogP contribution in [0.5, 0.6) is 0 Å². The quantitative estimate of drug-likeness (QED) is 0.867. The van der Waals surface area contributed by atoms with Gasteiger partial charge in [0.15, 0.2) is 0 Å². The molecule has 1 aromatic rings. The molecule has 0 unspecified atom stereocenters. The van der Waals surface area contributed by atoms with E-state index in [2.05, 4.69) is 30.4 Å². The summed E-state index contributed by atoms with van der Waals surface area (Å²) in [5.74, 6) is 0.107. The molecule has 1 aromatic carbocycles. The van der Waals surface area contributed by atoms with E-state index >= 15 is 0 Å². The molecule has 1 aliphatic carbocycles. The lowest BCUT2D eigenvalue weighted by Crippen LogP contribution is -2.51. The van der Waals surface area contributed by atoms with Gasteiger partial charge >= 0.3 is 0 Å². The highest BCUT2D eigenvalue weighted by Crippen LogP contribution is 2.44. The standard InChI is InChI=1S/C17H25NO2/c1-13-6-4-7-14(10-13)17(8-5-9-17)15(20)18-11-16(2,3)12-19/h4,6-7,10,19H,5,8-9,11-12H2,1-3H3,(H,18,20). The van der Waals surface area contributed by atoms with Crippen LogP contribution in [0.3, 0.4) is 0 Å². The molecule has 3 heteroatoms. The molecule has 0 aromatic heterocycles. The number of carbonyl (C=O) groups excluding carboxylic acids is 1. The van der Waals surface area contributed by atoms with Crippen LogP contribution in [-0.4, -0.2) is 24.2 Å². The minimum Gasteiger partial charge on any atom is -0.396 e. The Kier molecular flexibility index (Phi) is 4.19. The summed E-state index contributed by atoms with van der Waals surface area (Å²) in [5, 5.41) is 12.3. The lowest BCUT2D eigenvalue weighted by atomic mass is 9.63. The van der Waals surface area contributed by atoms with Crippen LogP contribution in [0.25, 0.3) is 0 Å². The van der Waals surface area contributed by atoms with Gasteiger partial charge in [-0.05, 0) is 25.3 Å². The van der Waals surface area contributed by atoms with Crippen molar-refractivity contribution in [2.75, 3.05) is 13.2 Å². The van der Waals surface area contributed by atoms with Crippen LogP contribution in [0, 0.1) is 12.3 Å². The highest BCUT2D eigenvalue weighted by Gasteiger charge is 2.45. The van der Waals surface area contributed by atoms with Gasteiger partial charge in [0.05, 0.1) is 5.41 Å². The molecule has 0 radical (unpaired) electrons. The minimum absolute atomic E-state index is 0.0741. The Hall–Kier alpha value is -1.35. The molecule has 0 spiro atoms. The van der Waals surface area contributed by atoms with Gasteiger partial charge in [-0.25, -0.2) is 0 Å². The normalized spacial score (nSPS) is 17.4. The van der Waals surface area contributed by atoms with Gasteiger partial charge in [0, 0.05) is 18.6 Å². The number of nitrogens with one attached hydrogen (secondary N) is 1. The summed E-state index contributed by atoms with van der Waals surface area (Å²) in [5.41, 5.74) is 1.70. The molecule has 110 valence electrons. The number of rotatable bonds is 5. The first-order chi connectivity index (χ1) is 9.39. The zero-order valence-corrected chi connectivity index (χ0v) is 12.7. The van der Waals surface area contributed by atoms with Crippen molar-refractivity contribution in [1.29, 1.82) is 0 Å². The van der Waals surface area contributed by atoms with E-state index in [4.69, 9.17) is 0 Å². The zero-order valence-electron chi connectivity index (χ0n) is 12.7.